The summed E-state index contributed by atoms with van der Waals surface area (Å²) in [7, 11) is 3.25. The number of aliphatic hydroxyl groups excluding tert-OH is 1. The van der Waals surface area contributed by atoms with Gasteiger partial charge in [-0.2, -0.15) is 0 Å². The molecule has 6 heteroatoms. The first kappa shape index (κ1) is 21.3. The summed E-state index contributed by atoms with van der Waals surface area (Å²) in [5.41, 5.74) is 1.29. The number of methoxy groups -OCH3 is 2. The maximum Gasteiger partial charge on any atom is 0.162 e. The summed E-state index contributed by atoms with van der Waals surface area (Å²) >= 11 is 6.46. The average molecular weight is 385 g/mol. The van der Waals surface area contributed by atoms with Crippen LogP contribution in [-0.4, -0.2) is 68.0 Å². The topological polar surface area (TPSA) is 45.2 Å². The SMILES string of the molecule is COc1cc(Cl)c(CN2CCN(CC(C)(C)C)[C@H](CCO)C2)cc1OC. The number of benzene rings is 1. The molecule has 1 saturated heterocycles. The van der Waals surface area contributed by atoms with Crippen LogP contribution < -0.4 is 9.47 Å². The zero-order valence-electron chi connectivity index (χ0n) is 16.7. The zero-order valence-corrected chi connectivity index (χ0v) is 17.5. The van der Waals surface area contributed by atoms with E-state index in [2.05, 4.69) is 30.6 Å². The maximum absolute atomic E-state index is 9.48. The smallest absolute Gasteiger partial charge is 0.162 e. The number of aliphatic hydroxyl groups is 1. The first-order valence-electron chi connectivity index (χ1n) is 9.25. The fourth-order valence-corrected chi connectivity index (χ4v) is 3.81. The van der Waals surface area contributed by atoms with Crippen LogP contribution in [-0.2, 0) is 6.54 Å². The molecule has 0 bridgehead atoms. The lowest BCUT2D eigenvalue weighted by Crippen LogP contribution is -2.54. The second kappa shape index (κ2) is 9.27. The van der Waals surface area contributed by atoms with Crippen molar-refractivity contribution in [1.29, 1.82) is 0 Å². The van der Waals surface area contributed by atoms with E-state index in [1.165, 1.54) is 0 Å². The van der Waals surface area contributed by atoms with Crippen molar-refractivity contribution in [2.75, 3.05) is 47.0 Å². The molecule has 0 radical (unpaired) electrons. The lowest BCUT2D eigenvalue weighted by Gasteiger charge is -2.44. The Balaban J connectivity index is 2.09. The minimum Gasteiger partial charge on any atom is -0.493 e. The molecule has 1 aromatic carbocycles. The van der Waals surface area contributed by atoms with Crippen LogP contribution in [0.1, 0.15) is 32.8 Å². The third-order valence-electron chi connectivity index (χ3n) is 4.78. The van der Waals surface area contributed by atoms with Crippen LogP contribution in [0, 0.1) is 5.41 Å². The highest BCUT2D eigenvalue weighted by Gasteiger charge is 2.29. The average Bonchev–Trinajstić information content (AvgIpc) is 2.57. The van der Waals surface area contributed by atoms with Gasteiger partial charge in [-0.15, -0.1) is 0 Å². The molecule has 0 amide bonds. The van der Waals surface area contributed by atoms with Crippen molar-refractivity contribution >= 4 is 11.6 Å². The van der Waals surface area contributed by atoms with Gasteiger partial charge in [0.2, 0.25) is 0 Å². The molecule has 148 valence electrons. The number of piperazine rings is 1. The van der Waals surface area contributed by atoms with Crippen LogP contribution in [0.3, 0.4) is 0 Å². The van der Waals surface area contributed by atoms with Gasteiger partial charge in [0.15, 0.2) is 11.5 Å². The molecular formula is C20H33ClN2O3. The molecule has 1 aliphatic heterocycles. The number of hydrogen-bond donors (Lipinski definition) is 1. The predicted molar refractivity (Wildman–Crippen MR) is 106 cm³/mol. The third-order valence-corrected chi connectivity index (χ3v) is 5.13. The lowest BCUT2D eigenvalue weighted by molar-refractivity contribution is 0.0339. The Bertz CT molecular complexity index is 589. The molecule has 0 aromatic heterocycles. The Labute approximate surface area is 162 Å². The van der Waals surface area contributed by atoms with Gasteiger partial charge in [0, 0.05) is 56.5 Å². The van der Waals surface area contributed by atoms with E-state index >= 15 is 0 Å². The fourth-order valence-electron chi connectivity index (χ4n) is 3.60. The van der Waals surface area contributed by atoms with Gasteiger partial charge in [-0.1, -0.05) is 32.4 Å². The largest absolute Gasteiger partial charge is 0.493 e. The van der Waals surface area contributed by atoms with Crippen LogP contribution in [0.4, 0.5) is 0 Å². The van der Waals surface area contributed by atoms with E-state index in [1.54, 1.807) is 14.2 Å². The molecule has 1 atom stereocenters. The van der Waals surface area contributed by atoms with Gasteiger partial charge in [-0.3, -0.25) is 9.80 Å². The van der Waals surface area contributed by atoms with Gasteiger partial charge in [0.1, 0.15) is 0 Å². The van der Waals surface area contributed by atoms with E-state index < -0.39 is 0 Å². The first-order chi connectivity index (χ1) is 12.3. The van der Waals surface area contributed by atoms with E-state index in [0.29, 0.717) is 22.6 Å². The van der Waals surface area contributed by atoms with Gasteiger partial charge in [0.05, 0.1) is 14.2 Å². The van der Waals surface area contributed by atoms with Crippen LogP contribution in [0.15, 0.2) is 12.1 Å². The molecule has 1 aromatic rings. The minimum absolute atomic E-state index is 0.219. The van der Waals surface area contributed by atoms with Crippen molar-refractivity contribution in [3.05, 3.63) is 22.7 Å². The molecule has 0 aliphatic carbocycles. The van der Waals surface area contributed by atoms with Crippen molar-refractivity contribution in [3.63, 3.8) is 0 Å². The van der Waals surface area contributed by atoms with Crippen molar-refractivity contribution in [1.82, 2.24) is 9.80 Å². The Morgan fingerprint density at radius 2 is 1.81 bits per heavy atom. The van der Waals surface area contributed by atoms with Gasteiger partial charge in [-0.25, -0.2) is 0 Å². The van der Waals surface area contributed by atoms with Crippen molar-refractivity contribution in [2.24, 2.45) is 5.41 Å². The highest BCUT2D eigenvalue weighted by molar-refractivity contribution is 6.31. The van der Waals surface area contributed by atoms with Gasteiger partial charge in [0.25, 0.3) is 0 Å². The van der Waals surface area contributed by atoms with Crippen LogP contribution in [0.25, 0.3) is 0 Å². The number of ether oxygens (including phenoxy) is 2. The highest BCUT2D eigenvalue weighted by Crippen LogP contribution is 2.34. The molecule has 1 heterocycles. The summed E-state index contributed by atoms with van der Waals surface area (Å²) in [6, 6.07) is 4.15. The summed E-state index contributed by atoms with van der Waals surface area (Å²) in [6.07, 6.45) is 0.798. The van der Waals surface area contributed by atoms with E-state index in [1.807, 2.05) is 12.1 Å². The van der Waals surface area contributed by atoms with Crippen molar-refractivity contribution in [3.8, 4) is 11.5 Å². The molecule has 5 nitrogen and oxygen atoms in total. The highest BCUT2D eigenvalue weighted by atomic mass is 35.5. The normalized spacial score (nSPS) is 19.6. The van der Waals surface area contributed by atoms with Gasteiger partial charge < -0.3 is 14.6 Å². The molecule has 26 heavy (non-hydrogen) atoms. The van der Waals surface area contributed by atoms with E-state index in [4.69, 9.17) is 21.1 Å². The molecule has 0 unspecified atom stereocenters. The van der Waals surface area contributed by atoms with Crippen LogP contribution in [0.5, 0.6) is 11.5 Å². The fraction of sp³-hybridized carbons (Fsp3) is 0.700. The van der Waals surface area contributed by atoms with E-state index in [0.717, 1.165) is 44.7 Å². The quantitative estimate of drug-likeness (QED) is 0.781. The minimum atomic E-state index is 0.219. The van der Waals surface area contributed by atoms with E-state index in [9.17, 15) is 5.11 Å². The molecule has 0 spiro atoms. The summed E-state index contributed by atoms with van der Waals surface area (Å²) in [5, 5.41) is 10.2. The second-order valence-electron chi connectivity index (χ2n) is 8.23. The number of halogens is 1. The molecule has 2 rings (SSSR count). The summed E-state index contributed by atoms with van der Waals surface area (Å²) in [6.45, 7) is 11.7. The second-order valence-corrected chi connectivity index (χ2v) is 8.64. The summed E-state index contributed by atoms with van der Waals surface area (Å²) in [4.78, 5) is 4.93. The Morgan fingerprint density at radius 1 is 1.15 bits per heavy atom. The maximum atomic E-state index is 9.48. The molecular weight excluding hydrogens is 352 g/mol. The first-order valence-corrected chi connectivity index (χ1v) is 9.63. The lowest BCUT2D eigenvalue weighted by atomic mass is 9.94. The van der Waals surface area contributed by atoms with Crippen LogP contribution in [0.2, 0.25) is 5.02 Å². The molecule has 0 saturated carbocycles. The molecule has 1 aliphatic rings. The predicted octanol–water partition coefficient (Wildman–Crippen LogP) is 3.27. The number of hydrogen-bond acceptors (Lipinski definition) is 5. The summed E-state index contributed by atoms with van der Waals surface area (Å²) in [5.74, 6) is 1.35. The Morgan fingerprint density at radius 3 is 2.38 bits per heavy atom. The Kier molecular flexibility index (Phi) is 7.59. The number of nitrogens with zero attached hydrogens (tertiary/aromatic N) is 2. The van der Waals surface area contributed by atoms with Crippen molar-refractivity contribution in [2.45, 2.75) is 39.8 Å². The summed E-state index contributed by atoms with van der Waals surface area (Å²) < 4.78 is 10.7. The monoisotopic (exact) mass is 384 g/mol. The van der Waals surface area contributed by atoms with Crippen molar-refractivity contribution < 1.29 is 14.6 Å². The Hall–Kier alpha value is -1.01. The van der Waals surface area contributed by atoms with E-state index in [-0.39, 0.29) is 12.0 Å². The standard InChI is InChI=1S/C20H33ClN2O3/c1-20(2,3)14-23-8-7-22(13-16(23)6-9-24)12-15-10-18(25-4)19(26-5)11-17(15)21/h10-11,16,24H,6-9,12-14H2,1-5H3/t16-/m1/s1. The zero-order chi connectivity index (χ0) is 19.3. The van der Waals surface area contributed by atoms with Crippen LogP contribution >= 0.6 is 11.6 Å². The molecule has 1 fully saturated rings. The third kappa shape index (κ3) is 5.74. The van der Waals surface area contributed by atoms with Gasteiger partial charge in [-0.05, 0) is 23.5 Å². The number of rotatable bonds is 7. The van der Waals surface area contributed by atoms with Gasteiger partial charge >= 0.3 is 0 Å². The molecule has 1 N–H and O–H groups in total.